The van der Waals surface area contributed by atoms with E-state index in [4.69, 9.17) is 23.2 Å². The molecule has 2 aromatic carbocycles. The molecule has 5 atom stereocenters. The molecule has 1 saturated heterocycles. The molecular weight excluding hydrogens is 547 g/mol. The minimum Gasteiger partial charge on any atom is -0.390 e. The van der Waals surface area contributed by atoms with E-state index in [1.807, 2.05) is 20.8 Å². The second-order valence-electron chi connectivity index (χ2n) is 11.9. The van der Waals surface area contributed by atoms with Gasteiger partial charge < -0.3 is 20.8 Å². The Bertz CT molecular complexity index is 1260. The van der Waals surface area contributed by atoms with Gasteiger partial charge in [0.25, 0.3) is 0 Å². The first-order valence-corrected chi connectivity index (χ1v) is 13.5. The molecule has 10 heteroatoms. The molecule has 0 aromatic heterocycles. The Morgan fingerprint density at radius 1 is 1.21 bits per heavy atom. The summed E-state index contributed by atoms with van der Waals surface area (Å²) in [6.45, 7) is 8.77. The average molecular weight is 583 g/mol. The maximum atomic E-state index is 15.6. The lowest BCUT2D eigenvalue weighted by atomic mass is 9.62. The summed E-state index contributed by atoms with van der Waals surface area (Å²) in [5.41, 5.74) is -3.46. The zero-order valence-corrected chi connectivity index (χ0v) is 24.2. The fourth-order valence-electron chi connectivity index (χ4n) is 5.35. The van der Waals surface area contributed by atoms with Crippen LogP contribution in [0.3, 0.4) is 0 Å². The van der Waals surface area contributed by atoms with E-state index < -0.39 is 52.7 Å². The van der Waals surface area contributed by atoms with Gasteiger partial charge in [0.1, 0.15) is 17.0 Å². The van der Waals surface area contributed by atoms with Crippen molar-refractivity contribution in [2.45, 2.75) is 82.6 Å². The standard InChI is InChI=1S/C29H35Cl2F2N3O3/c1-27(2,3)14-21-29(15-34,18-10-9-16(30)13-20(18)32)23(17-7-6-8-19(31)24(17)33)25(36-21)26(38)35-12-11-22(37)28(4,5)39/h6-10,13,21-23,25,36-37,39H,11-12,14H2,1-5H3,(H,35,38)/t21-,22-,23?,25+,29?/m0/s1. The van der Waals surface area contributed by atoms with E-state index in [9.17, 15) is 20.3 Å². The van der Waals surface area contributed by atoms with Crippen molar-refractivity contribution in [2.75, 3.05) is 6.54 Å². The van der Waals surface area contributed by atoms with Gasteiger partial charge in [-0.05, 0) is 55.9 Å². The molecule has 6 nitrogen and oxygen atoms in total. The van der Waals surface area contributed by atoms with Gasteiger partial charge in [-0.1, -0.05) is 62.2 Å². The van der Waals surface area contributed by atoms with E-state index in [1.165, 1.54) is 44.2 Å². The fourth-order valence-corrected chi connectivity index (χ4v) is 5.69. The summed E-state index contributed by atoms with van der Waals surface area (Å²) in [5.74, 6) is -3.28. The molecule has 1 aliphatic heterocycles. The van der Waals surface area contributed by atoms with Crippen molar-refractivity contribution in [3.05, 3.63) is 69.2 Å². The summed E-state index contributed by atoms with van der Waals surface area (Å²) in [4.78, 5) is 13.6. The Hall–Kier alpha value is -2.28. The lowest BCUT2D eigenvalue weighted by molar-refractivity contribution is -0.123. The molecule has 0 aliphatic carbocycles. The third kappa shape index (κ3) is 6.55. The Morgan fingerprint density at radius 2 is 1.87 bits per heavy atom. The van der Waals surface area contributed by atoms with E-state index in [0.29, 0.717) is 6.42 Å². The highest BCUT2D eigenvalue weighted by atomic mass is 35.5. The second-order valence-corrected chi connectivity index (χ2v) is 12.8. The number of nitriles is 1. The van der Waals surface area contributed by atoms with Crippen LogP contribution < -0.4 is 10.6 Å². The molecule has 1 heterocycles. The molecule has 0 radical (unpaired) electrons. The molecule has 2 aromatic rings. The molecule has 2 unspecified atom stereocenters. The number of nitrogens with one attached hydrogen (secondary N) is 2. The first kappa shape index (κ1) is 31.3. The Balaban J connectivity index is 2.19. The van der Waals surface area contributed by atoms with Crippen LogP contribution in [0.4, 0.5) is 8.78 Å². The molecule has 4 N–H and O–H groups in total. The Morgan fingerprint density at radius 3 is 2.44 bits per heavy atom. The summed E-state index contributed by atoms with van der Waals surface area (Å²) in [7, 11) is 0. The van der Waals surface area contributed by atoms with Crippen LogP contribution in [0.1, 0.15) is 64.5 Å². The molecule has 3 rings (SSSR count). The molecule has 1 amide bonds. The van der Waals surface area contributed by atoms with Crippen molar-refractivity contribution in [3.63, 3.8) is 0 Å². The van der Waals surface area contributed by atoms with Gasteiger partial charge in [-0.2, -0.15) is 5.26 Å². The minimum absolute atomic E-state index is 0.000939. The van der Waals surface area contributed by atoms with Crippen molar-refractivity contribution in [1.82, 2.24) is 10.6 Å². The average Bonchev–Trinajstić information content (AvgIpc) is 3.13. The highest BCUT2D eigenvalue weighted by molar-refractivity contribution is 6.31. The highest BCUT2D eigenvalue weighted by Gasteiger charge is 2.61. The first-order valence-electron chi connectivity index (χ1n) is 12.8. The number of halogens is 4. The number of hydrogen-bond donors (Lipinski definition) is 4. The van der Waals surface area contributed by atoms with Gasteiger partial charge in [-0.3, -0.25) is 4.79 Å². The molecule has 1 aliphatic rings. The predicted octanol–water partition coefficient (Wildman–Crippen LogP) is 5.23. The summed E-state index contributed by atoms with van der Waals surface area (Å²) < 4.78 is 31.2. The minimum atomic E-state index is -1.72. The van der Waals surface area contributed by atoms with Crippen LogP contribution in [0.15, 0.2) is 36.4 Å². The topological polar surface area (TPSA) is 105 Å². The van der Waals surface area contributed by atoms with E-state index in [2.05, 4.69) is 16.7 Å². The van der Waals surface area contributed by atoms with Crippen molar-refractivity contribution in [1.29, 1.82) is 5.26 Å². The zero-order chi connectivity index (χ0) is 29.3. The molecule has 212 valence electrons. The molecule has 0 spiro atoms. The number of carbonyl (C=O) groups is 1. The third-order valence-electron chi connectivity index (χ3n) is 7.26. The number of amides is 1. The number of rotatable bonds is 8. The van der Waals surface area contributed by atoms with Crippen LogP contribution in [0.25, 0.3) is 0 Å². The van der Waals surface area contributed by atoms with Gasteiger partial charge in [0.2, 0.25) is 5.91 Å². The number of hydrogen-bond acceptors (Lipinski definition) is 5. The Labute approximate surface area is 238 Å². The SMILES string of the molecule is CC(C)(C)C[C@@H]1N[C@@H](C(=O)NCC[C@H](O)C(C)(C)O)C(c2cccc(Cl)c2F)C1(C#N)c1ccc(Cl)cc1F. The smallest absolute Gasteiger partial charge is 0.237 e. The quantitative estimate of drug-likeness (QED) is 0.341. The zero-order valence-electron chi connectivity index (χ0n) is 22.7. The lowest BCUT2D eigenvalue weighted by Gasteiger charge is -2.37. The molecule has 0 bridgehead atoms. The highest BCUT2D eigenvalue weighted by Crippen LogP contribution is 2.52. The summed E-state index contributed by atoms with van der Waals surface area (Å²) >= 11 is 12.2. The van der Waals surface area contributed by atoms with E-state index >= 15 is 8.78 Å². The second kappa shape index (κ2) is 11.7. The van der Waals surface area contributed by atoms with Crippen molar-refractivity contribution in [3.8, 4) is 6.07 Å². The maximum Gasteiger partial charge on any atom is 0.237 e. The normalized spacial score (nSPS) is 24.3. The first-order chi connectivity index (χ1) is 18.0. The maximum absolute atomic E-state index is 15.6. The van der Waals surface area contributed by atoms with Gasteiger partial charge in [0.15, 0.2) is 0 Å². The third-order valence-corrected chi connectivity index (χ3v) is 7.79. The van der Waals surface area contributed by atoms with E-state index in [-0.39, 0.29) is 39.6 Å². The van der Waals surface area contributed by atoms with Crippen LogP contribution in [0.5, 0.6) is 0 Å². The lowest BCUT2D eigenvalue weighted by Crippen LogP contribution is -2.47. The molecular formula is C29H35Cl2F2N3O3. The number of aliphatic hydroxyl groups is 2. The summed E-state index contributed by atoms with van der Waals surface area (Å²) in [6.07, 6.45) is -0.702. The number of nitrogens with zero attached hydrogens (tertiary/aromatic N) is 1. The van der Waals surface area contributed by atoms with Crippen LogP contribution in [-0.2, 0) is 10.2 Å². The fraction of sp³-hybridized carbons (Fsp3) is 0.517. The molecule has 1 fully saturated rings. The van der Waals surface area contributed by atoms with E-state index in [0.717, 1.165) is 6.07 Å². The van der Waals surface area contributed by atoms with Crippen molar-refractivity contribution >= 4 is 29.1 Å². The van der Waals surface area contributed by atoms with E-state index in [1.54, 1.807) is 0 Å². The summed E-state index contributed by atoms with van der Waals surface area (Å²) in [5, 5.41) is 36.9. The van der Waals surface area contributed by atoms with Crippen molar-refractivity contribution in [2.24, 2.45) is 5.41 Å². The van der Waals surface area contributed by atoms with Crippen LogP contribution in [-0.4, -0.2) is 46.5 Å². The van der Waals surface area contributed by atoms with Gasteiger partial charge >= 0.3 is 0 Å². The van der Waals surface area contributed by atoms with Gasteiger partial charge in [0, 0.05) is 29.1 Å². The van der Waals surface area contributed by atoms with Gasteiger partial charge in [-0.25, -0.2) is 8.78 Å². The largest absolute Gasteiger partial charge is 0.390 e. The molecule has 39 heavy (non-hydrogen) atoms. The molecule has 0 saturated carbocycles. The van der Waals surface area contributed by atoms with Crippen LogP contribution >= 0.6 is 23.2 Å². The summed E-state index contributed by atoms with van der Waals surface area (Å²) in [6, 6.07) is 8.68. The van der Waals surface area contributed by atoms with Gasteiger partial charge in [-0.15, -0.1) is 0 Å². The van der Waals surface area contributed by atoms with Crippen molar-refractivity contribution < 1.29 is 23.8 Å². The predicted molar refractivity (Wildman–Crippen MR) is 148 cm³/mol. The van der Waals surface area contributed by atoms with Crippen LogP contribution in [0.2, 0.25) is 10.0 Å². The Kier molecular flexibility index (Phi) is 9.36. The number of aliphatic hydroxyl groups excluding tert-OH is 1. The van der Waals surface area contributed by atoms with Gasteiger partial charge in [0.05, 0.1) is 28.8 Å². The van der Waals surface area contributed by atoms with Crippen LogP contribution in [0, 0.1) is 28.4 Å². The monoisotopic (exact) mass is 581 g/mol. The number of carbonyl (C=O) groups excluding carboxylic acids is 1. The number of benzene rings is 2.